The van der Waals surface area contributed by atoms with Gasteiger partial charge in [0.1, 0.15) is 11.6 Å². The molecule has 1 saturated heterocycles. The van der Waals surface area contributed by atoms with Crippen LogP contribution in [0.2, 0.25) is 0 Å². The summed E-state index contributed by atoms with van der Waals surface area (Å²) in [6.07, 6.45) is 3.38. The molecule has 33 heavy (non-hydrogen) atoms. The number of nitrogens with zero attached hydrogens (tertiary/aromatic N) is 2. The van der Waals surface area contributed by atoms with E-state index in [1.165, 1.54) is 12.1 Å². The van der Waals surface area contributed by atoms with Gasteiger partial charge in [-0.15, -0.1) is 0 Å². The van der Waals surface area contributed by atoms with E-state index in [-0.39, 0.29) is 11.7 Å². The lowest BCUT2D eigenvalue weighted by Crippen LogP contribution is -2.40. The Labute approximate surface area is 192 Å². The second-order valence-electron chi connectivity index (χ2n) is 8.04. The van der Waals surface area contributed by atoms with Crippen LogP contribution in [0.4, 0.5) is 31.2 Å². The Balaban J connectivity index is 1.27. The number of hydrogen-bond acceptors (Lipinski definition) is 3. The van der Waals surface area contributed by atoms with Gasteiger partial charge in [0.05, 0.1) is 5.69 Å². The van der Waals surface area contributed by atoms with Gasteiger partial charge in [-0.2, -0.15) is 0 Å². The highest BCUT2D eigenvalue weighted by molar-refractivity contribution is 5.99. The van der Waals surface area contributed by atoms with Gasteiger partial charge in [0, 0.05) is 25.0 Å². The SMILES string of the molecule is Cc1cccnc1NC(=O)N1CCC(c2ccc(NC(=O)Nc3ccccc3F)cc2)CC1. The topological polar surface area (TPSA) is 86.4 Å². The summed E-state index contributed by atoms with van der Waals surface area (Å²) in [6.45, 7) is 3.23. The number of rotatable bonds is 4. The molecule has 2 heterocycles. The number of likely N-dealkylation sites (tertiary alicyclic amines) is 1. The van der Waals surface area contributed by atoms with Gasteiger partial charge in [-0.25, -0.2) is 19.0 Å². The molecule has 0 saturated carbocycles. The molecule has 0 unspecified atom stereocenters. The summed E-state index contributed by atoms with van der Waals surface area (Å²) < 4.78 is 13.7. The molecule has 1 fully saturated rings. The number of nitrogens with one attached hydrogen (secondary N) is 3. The van der Waals surface area contributed by atoms with Crippen molar-refractivity contribution in [3.8, 4) is 0 Å². The van der Waals surface area contributed by atoms with Crippen molar-refractivity contribution in [3.63, 3.8) is 0 Å². The first-order valence-electron chi connectivity index (χ1n) is 10.9. The lowest BCUT2D eigenvalue weighted by atomic mass is 9.89. The third kappa shape index (κ3) is 5.65. The van der Waals surface area contributed by atoms with Gasteiger partial charge in [0.25, 0.3) is 0 Å². The van der Waals surface area contributed by atoms with Crippen LogP contribution in [0.15, 0.2) is 66.9 Å². The first-order valence-corrected chi connectivity index (χ1v) is 10.9. The molecule has 0 spiro atoms. The number of pyridine rings is 1. The zero-order valence-electron chi connectivity index (χ0n) is 18.3. The average molecular weight is 448 g/mol. The zero-order valence-corrected chi connectivity index (χ0v) is 18.3. The maximum absolute atomic E-state index is 13.7. The van der Waals surface area contributed by atoms with Crippen molar-refractivity contribution < 1.29 is 14.0 Å². The number of aryl methyl sites for hydroxylation is 1. The van der Waals surface area contributed by atoms with Crippen molar-refractivity contribution in [1.82, 2.24) is 9.88 Å². The number of benzene rings is 2. The predicted octanol–water partition coefficient (Wildman–Crippen LogP) is 5.58. The molecule has 4 amide bonds. The minimum Gasteiger partial charge on any atom is -0.324 e. The number of carbonyl (C=O) groups is 2. The van der Waals surface area contributed by atoms with E-state index in [4.69, 9.17) is 0 Å². The van der Waals surface area contributed by atoms with Crippen molar-refractivity contribution in [2.45, 2.75) is 25.7 Å². The number of piperidine rings is 1. The molecule has 0 atom stereocenters. The van der Waals surface area contributed by atoms with Crippen LogP contribution in [0.25, 0.3) is 0 Å². The highest BCUT2D eigenvalue weighted by atomic mass is 19.1. The number of carbonyl (C=O) groups excluding carboxylic acids is 2. The van der Waals surface area contributed by atoms with Crippen LogP contribution in [0.3, 0.4) is 0 Å². The number of para-hydroxylation sites is 1. The smallest absolute Gasteiger partial charge is 0.323 e. The molecule has 1 aromatic heterocycles. The molecule has 2 aromatic carbocycles. The molecule has 0 bridgehead atoms. The Hall–Kier alpha value is -3.94. The standard InChI is InChI=1S/C25H26FN5O2/c1-17-5-4-14-27-23(17)30-25(33)31-15-12-19(13-16-31)18-8-10-20(11-9-18)28-24(32)29-22-7-3-2-6-21(22)26/h2-11,14,19H,12-13,15-16H2,1H3,(H,27,30,33)(H2,28,29,32). The van der Waals surface area contributed by atoms with Gasteiger partial charge < -0.3 is 15.5 Å². The largest absolute Gasteiger partial charge is 0.324 e. The third-order valence-electron chi connectivity index (χ3n) is 5.78. The molecule has 1 aliphatic rings. The van der Waals surface area contributed by atoms with E-state index < -0.39 is 11.8 Å². The molecule has 3 N–H and O–H groups in total. The fourth-order valence-electron chi connectivity index (χ4n) is 3.90. The van der Waals surface area contributed by atoms with E-state index in [0.717, 1.165) is 24.0 Å². The summed E-state index contributed by atoms with van der Waals surface area (Å²) in [5.41, 5.74) is 2.84. The van der Waals surface area contributed by atoms with Gasteiger partial charge in [0.2, 0.25) is 0 Å². The van der Waals surface area contributed by atoms with Crippen LogP contribution >= 0.6 is 0 Å². The van der Waals surface area contributed by atoms with Gasteiger partial charge in [0.15, 0.2) is 0 Å². The summed E-state index contributed by atoms with van der Waals surface area (Å²) in [4.78, 5) is 30.7. The van der Waals surface area contributed by atoms with Crippen LogP contribution in [0.5, 0.6) is 0 Å². The normalized spacial score (nSPS) is 13.9. The van der Waals surface area contributed by atoms with Crippen LogP contribution in [-0.2, 0) is 0 Å². The Bertz CT molecular complexity index is 1130. The minimum absolute atomic E-state index is 0.126. The average Bonchev–Trinajstić information content (AvgIpc) is 2.83. The van der Waals surface area contributed by atoms with E-state index in [1.807, 2.05) is 48.2 Å². The van der Waals surface area contributed by atoms with E-state index >= 15 is 0 Å². The van der Waals surface area contributed by atoms with Crippen molar-refractivity contribution in [1.29, 1.82) is 0 Å². The Kier molecular flexibility index (Phi) is 6.83. The van der Waals surface area contributed by atoms with E-state index in [9.17, 15) is 14.0 Å². The number of halogens is 1. The summed E-state index contributed by atoms with van der Waals surface area (Å²) in [7, 11) is 0. The Morgan fingerprint density at radius 1 is 0.939 bits per heavy atom. The molecular formula is C25H26FN5O2. The molecule has 8 heteroatoms. The van der Waals surface area contributed by atoms with Crippen molar-refractivity contribution >= 4 is 29.3 Å². The van der Waals surface area contributed by atoms with Crippen LogP contribution in [0.1, 0.15) is 29.9 Å². The lowest BCUT2D eigenvalue weighted by molar-refractivity contribution is 0.194. The Morgan fingerprint density at radius 2 is 1.67 bits per heavy atom. The summed E-state index contributed by atoms with van der Waals surface area (Å²) >= 11 is 0. The number of aromatic nitrogens is 1. The van der Waals surface area contributed by atoms with Crippen molar-refractivity contribution in [3.05, 3.63) is 83.8 Å². The Morgan fingerprint density at radius 3 is 2.36 bits per heavy atom. The zero-order chi connectivity index (χ0) is 23.2. The van der Waals surface area contributed by atoms with Crippen molar-refractivity contribution in [2.24, 2.45) is 0 Å². The third-order valence-corrected chi connectivity index (χ3v) is 5.78. The van der Waals surface area contributed by atoms with Gasteiger partial charge >= 0.3 is 12.1 Å². The van der Waals surface area contributed by atoms with Crippen molar-refractivity contribution in [2.75, 3.05) is 29.0 Å². The second-order valence-corrected chi connectivity index (χ2v) is 8.04. The highest BCUT2D eigenvalue weighted by Crippen LogP contribution is 2.29. The molecule has 0 radical (unpaired) electrons. The fraction of sp³-hybridized carbons (Fsp3) is 0.240. The first-order chi connectivity index (χ1) is 16.0. The molecule has 7 nitrogen and oxygen atoms in total. The summed E-state index contributed by atoms with van der Waals surface area (Å²) in [5, 5.41) is 8.10. The second kappa shape index (κ2) is 10.1. The predicted molar refractivity (Wildman–Crippen MR) is 127 cm³/mol. The quantitative estimate of drug-likeness (QED) is 0.488. The first kappa shape index (κ1) is 22.3. The van der Waals surface area contributed by atoms with Gasteiger partial charge in [-0.3, -0.25) is 5.32 Å². The summed E-state index contributed by atoms with van der Waals surface area (Å²) in [6, 6.07) is 16.8. The van der Waals surface area contributed by atoms with Gasteiger partial charge in [-0.1, -0.05) is 30.3 Å². The number of anilines is 3. The lowest BCUT2D eigenvalue weighted by Gasteiger charge is -2.32. The molecule has 0 aliphatic carbocycles. The molecule has 4 rings (SSSR count). The van der Waals surface area contributed by atoms with Crippen LogP contribution < -0.4 is 16.0 Å². The number of hydrogen-bond donors (Lipinski definition) is 3. The molecular weight excluding hydrogens is 421 g/mol. The van der Waals surface area contributed by atoms with Crippen LogP contribution in [0, 0.1) is 12.7 Å². The maximum Gasteiger partial charge on any atom is 0.323 e. The van der Waals surface area contributed by atoms with E-state index in [0.29, 0.717) is 30.5 Å². The van der Waals surface area contributed by atoms with Crippen LogP contribution in [-0.4, -0.2) is 35.0 Å². The molecule has 170 valence electrons. The monoisotopic (exact) mass is 447 g/mol. The fourth-order valence-corrected chi connectivity index (χ4v) is 3.90. The molecule has 1 aliphatic heterocycles. The maximum atomic E-state index is 13.7. The minimum atomic E-state index is -0.504. The number of amides is 4. The van der Waals surface area contributed by atoms with E-state index in [2.05, 4.69) is 20.9 Å². The molecule has 3 aromatic rings. The number of urea groups is 2. The summed E-state index contributed by atoms with van der Waals surface area (Å²) in [5.74, 6) is 0.442. The van der Waals surface area contributed by atoms with Gasteiger partial charge in [-0.05, 0) is 67.1 Å². The highest BCUT2D eigenvalue weighted by Gasteiger charge is 2.24. The van der Waals surface area contributed by atoms with E-state index in [1.54, 1.807) is 18.3 Å².